The molecule has 0 heterocycles. The summed E-state index contributed by atoms with van der Waals surface area (Å²) in [6.07, 6.45) is -0.267. The fourth-order valence-corrected chi connectivity index (χ4v) is 3.83. The molecular formula is C30H42N4O6. The smallest absolute Gasteiger partial charge is 0.408 e. The van der Waals surface area contributed by atoms with E-state index >= 15 is 0 Å². The number of hydrazine groups is 1. The second kappa shape index (κ2) is 16.8. The van der Waals surface area contributed by atoms with Crippen molar-refractivity contribution in [1.29, 1.82) is 0 Å². The van der Waals surface area contributed by atoms with E-state index in [9.17, 15) is 19.2 Å². The minimum atomic E-state index is -0.944. The number of carbonyl (C=O) groups is 4. The third kappa shape index (κ3) is 10.2. The first-order valence-electron chi connectivity index (χ1n) is 13.8. The molecule has 10 heteroatoms. The number of likely N-dealkylation sites (N-methyl/N-ethyl adjacent to an activating group) is 1. The summed E-state index contributed by atoms with van der Waals surface area (Å²) in [6.45, 7) is 9.43. The Morgan fingerprint density at radius 1 is 0.700 bits per heavy atom. The van der Waals surface area contributed by atoms with Gasteiger partial charge in [-0.25, -0.2) is 9.59 Å². The van der Waals surface area contributed by atoms with E-state index in [4.69, 9.17) is 9.47 Å². The van der Waals surface area contributed by atoms with Crippen molar-refractivity contribution in [3.8, 4) is 0 Å². The molecule has 0 bridgehead atoms. The predicted octanol–water partition coefficient (Wildman–Crippen LogP) is 4.55. The molecule has 4 amide bonds. The van der Waals surface area contributed by atoms with Crippen LogP contribution in [0.5, 0.6) is 0 Å². The van der Waals surface area contributed by atoms with Crippen LogP contribution in [-0.4, -0.2) is 47.6 Å². The van der Waals surface area contributed by atoms with Crippen molar-refractivity contribution >= 4 is 24.0 Å². The van der Waals surface area contributed by atoms with Gasteiger partial charge in [0.05, 0.1) is 0 Å². The highest BCUT2D eigenvalue weighted by molar-refractivity contribution is 5.90. The Kier molecular flexibility index (Phi) is 13.5. The highest BCUT2D eigenvalue weighted by atomic mass is 16.6. The summed E-state index contributed by atoms with van der Waals surface area (Å²) in [5.74, 6) is -1.53. The normalized spacial score (nSPS) is 13.6. The maximum absolute atomic E-state index is 13.5. The van der Waals surface area contributed by atoms with Crippen LogP contribution in [0, 0.1) is 11.8 Å². The minimum absolute atomic E-state index is 0.0592. The van der Waals surface area contributed by atoms with Crippen molar-refractivity contribution in [2.24, 2.45) is 11.8 Å². The summed E-state index contributed by atoms with van der Waals surface area (Å²) in [7, 11) is 0. The van der Waals surface area contributed by atoms with Gasteiger partial charge in [-0.2, -0.15) is 0 Å². The third-order valence-corrected chi connectivity index (χ3v) is 6.77. The van der Waals surface area contributed by atoms with E-state index in [2.05, 4.69) is 16.1 Å². The third-order valence-electron chi connectivity index (χ3n) is 6.77. The molecule has 218 valence electrons. The zero-order valence-corrected chi connectivity index (χ0v) is 24.0. The summed E-state index contributed by atoms with van der Waals surface area (Å²) < 4.78 is 10.6. The first kappa shape index (κ1) is 32.1. The summed E-state index contributed by atoms with van der Waals surface area (Å²) >= 11 is 0. The summed E-state index contributed by atoms with van der Waals surface area (Å²) in [6, 6.07) is 16.5. The van der Waals surface area contributed by atoms with Gasteiger partial charge in [0.1, 0.15) is 25.3 Å². The Bertz CT molecular complexity index is 1080. The summed E-state index contributed by atoms with van der Waals surface area (Å²) in [4.78, 5) is 51.8. The molecule has 0 aliphatic carbocycles. The molecule has 0 radical (unpaired) electrons. The fourth-order valence-electron chi connectivity index (χ4n) is 3.83. The molecule has 0 aliphatic heterocycles. The van der Waals surface area contributed by atoms with Crippen LogP contribution < -0.4 is 16.1 Å². The number of amides is 4. The molecular weight excluding hydrogens is 512 g/mol. The van der Waals surface area contributed by atoms with Gasteiger partial charge in [-0.1, -0.05) is 101 Å². The zero-order chi connectivity index (χ0) is 29.5. The first-order valence-corrected chi connectivity index (χ1v) is 13.8. The van der Waals surface area contributed by atoms with E-state index in [1.807, 2.05) is 88.4 Å². The van der Waals surface area contributed by atoms with Crippen molar-refractivity contribution in [2.75, 3.05) is 6.54 Å². The van der Waals surface area contributed by atoms with Crippen molar-refractivity contribution in [1.82, 2.24) is 21.1 Å². The number of alkyl carbamates (subject to hydrolysis) is 2. The molecule has 10 nitrogen and oxygen atoms in total. The van der Waals surface area contributed by atoms with Gasteiger partial charge in [-0.05, 0) is 29.9 Å². The molecule has 3 N–H and O–H groups in total. The van der Waals surface area contributed by atoms with E-state index in [0.717, 1.165) is 16.1 Å². The fraction of sp³-hybridized carbons (Fsp3) is 0.467. The maximum Gasteiger partial charge on any atom is 0.408 e. The van der Waals surface area contributed by atoms with Crippen LogP contribution >= 0.6 is 0 Å². The van der Waals surface area contributed by atoms with E-state index in [0.29, 0.717) is 12.8 Å². The monoisotopic (exact) mass is 554 g/mol. The van der Waals surface area contributed by atoms with Crippen molar-refractivity contribution in [3.05, 3.63) is 71.8 Å². The van der Waals surface area contributed by atoms with E-state index in [1.165, 1.54) is 0 Å². The second-order valence-corrected chi connectivity index (χ2v) is 9.70. The molecule has 2 rings (SSSR count). The van der Waals surface area contributed by atoms with Crippen molar-refractivity contribution in [2.45, 2.75) is 72.8 Å². The van der Waals surface area contributed by atoms with Crippen LogP contribution in [0.2, 0.25) is 0 Å². The first-order chi connectivity index (χ1) is 19.2. The largest absolute Gasteiger partial charge is 0.445 e. The van der Waals surface area contributed by atoms with Gasteiger partial charge in [0.25, 0.3) is 11.8 Å². The lowest BCUT2D eigenvalue weighted by atomic mass is 9.98. The van der Waals surface area contributed by atoms with Crippen LogP contribution in [0.15, 0.2) is 60.7 Å². The molecule has 40 heavy (non-hydrogen) atoms. The predicted molar refractivity (Wildman–Crippen MR) is 152 cm³/mol. The van der Waals surface area contributed by atoms with Crippen LogP contribution in [0.3, 0.4) is 0 Å². The Balaban J connectivity index is 2.05. The lowest BCUT2D eigenvalue weighted by Crippen LogP contribution is -2.60. The molecule has 0 fully saturated rings. The number of rotatable bonds is 13. The van der Waals surface area contributed by atoms with E-state index in [-0.39, 0.29) is 31.6 Å². The van der Waals surface area contributed by atoms with Gasteiger partial charge < -0.3 is 20.1 Å². The molecule has 0 aromatic heterocycles. The molecule has 4 atom stereocenters. The Morgan fingerprint density at radius 2 is 1.12 bits per heavy atom. The number of benzene rings is 2. The number of nitrogens with zero attached hydrogens (tertiary/aromatic N) is 1. The van der Waals surface area contributed by atoms with Crippen LogP contribution in [-0.2, 0) is 32.3 Å². The van der Waals surface area contributed by atoms with Crippen LogP contribution in [0.4, 0.5) is 9.59 Å². The number of carbonyl (C=O) groups excluding carboxylic acids is 4. The highest BCUT2D eigenvalue weighted by Gasteiger charge is 2.33. The number of hydrogen-bond donors (Lipinski definition) is 3. The molecule has 4 unspecified atom stereocenters. The van der Waals surface area contributed by atoms with Gasteiger partial charge in [0, 0.05) is 6.54 Å². The van der Waals surface area contributed by atoms with Gasteiger partial charge in [-0.15, -0.1) is 0 Å². The Hall–Kier alpha value is -4.08. The van der Waals surface area contributed by atoms with Gasteiger partial charge >= 0.3 is 12.2 Å². The SMILES string of the molecule is CCC(C)C(NC(=O)OCc1ccccc1)C(=O)NN(CC)C(=O)C(NC(=O)OCc1ccccc1)C(C)CC. The Morgan fingerprint density at radius 3 is 1.55 bits per heavy atom. The van der Waals surface area contributed by atoms with E-state index < -0.39 is 36.1 Å². The maximum atomic E-state index is 13.5. The molecule has 0 saturated heterocycles. The van der Waals surface area contributed by atoms with Gasteiger partial charge in [0.2, 0.25) is 0 Å². The molecule has 0 saturated carbocycles. The lowest BCUT2D eigenvalue weighted by molar-refractivity contribution is -0.145. The zero-order valence-electron chi connectivity index (χ0n) is 24.0. The van der Waals surface area contributed by atoms with Crippen molar-refractivity contribution < 1.29 is 28.7 Å². The summed E-state index contributed by atoms with van der Waals surface area (Å²) in [5, 5.41) is 6.45. The van der Waals surface area contributed by atoms with Crippen LogP contribution in [0.1, 0.15) is 58.6 Å². The lowest BCUT2D eigenvalue weighted by Gasteiger charge is -2.32. The average Bonchev–Trinajstić information content (AvgIpc) is 2.99. The quantitative estimate of drug-likeness (QED) is 0.312. The standard InChI is InChI=1S/C30H42N4O6/c1-6-21(4)25(31-29(37)39-19-23-15-11-9-12-16-23)27(35)33-34(8-3)28(36)26(22(5)7-2)32-30(38)40-20-24-17-13-10-14-18-24/h9-18,21-22,25-26H,6-8,19-20H2,1-5H3,(H,31,37)(H,32,38)(H,33,35). The van der Waals surface area contributed by atoms with Crippen LogP contribution in [0.25, 0.3) is 0 Å². The molecule has 2 aromatic carbocycles. The Labute approximate surface area is 236 Å². The highest BCUT2D eigenvalue weighted by Crippen LogP contribution is 2.13. The van der Waals surface area contributed by atoms with E-state index in [1.54, 1.807) is 6.92 Å². The summed E-state index contributed by atoms with van der Waals surface area (Å²) in [5.41, 5.74) is 4.27. The molecule has 2 aromatic rings. The van der Waals surface area contributed by atoms with Gasteiger partial charge in [-0.3, -0.25) is 20.0 Å². The number of nitrogens with one attached hydrogen (secondary N) is 3. The molecule has 0 spiro atoms. The second-order valence-electron chi connectivity index (χ2n) is 9.70. The minimum Gasteiger partial charge on any atom is -0.445 e. The molecule has 0 aliphatic rings. The average molecular weight is 555 g/mol. The number of hydrogen-bond acceptors (Lipinski definition) is 6. The van der Waals surface area contributed by atoms with Crippen molar-refractivity contribution in [3.63, 3.8) is 0 Å². The van der Waals surface area contributed by atoms with Gasteiger partial charge in [0.15, 0.2) is 0 Å². The number of ether oxygens (including phenoxy) is 2. The topological polar surface area (TPSA) is 126 Å².